The third-order valence-electron chi connectivity index (χ3n) is 2.94. The number of ether oxygens (including phenoxy) is 3. The summed E-state index contributed by atoms with van der Waals surface area (Å²) in [4.78, 5) is 9.23. The Labute approximate surface area is 129 Å². The van der Waals surface area contributed by atoms with E-state index in [1.165, 1.54) is 0 Å². The van der Waals surface area contributed by atoms with E-state index in [1.54, 1.807) is 39.9 Å². The first kappa shape index (κ1) is 15.6. The molecular formula is C16H18N2O4. The van der Waals surface area contributed by atoms with Gasteiger partial charge < -0.3 is 19.0 Å². The summed E-state index contributed by atoms with van der Waals surface area (Å²) in [6.45, 7) is 0.290. The van der Waals surface area contributed by atoms with Gasteiger partial charge >= 0.3 is 0 Å². The average molecular weight is 302 g/mol. The van der Waals surface area contributed by atoms with E-state index in [0.29, 0.717) is 17.2 Å². The van der Waals surface area contributed by atoms with E-state index in [9.17, 15) is 0 Å². The number of aromatic nitrogens is 1. The Bertz CT molecular complexity index is 604. The smallest absolute Gasteiger partial charge is 0.203 e. The molecule has 0 atom stereocenters. The highest BCUT2D eigenvalue weighted by molar-refractivity contribution is 5.78. The summed E-state index contributed by atoms with van der Waals surface area (Å²) in [6, 6.07) is 7.32. The summed E-state index contributed by atoms with van der Waals surface area (Å²) in [5.41, 5.74) is 1.78. The van der Waals surface area contributed by atoms with Crippen LogP contribution in [-0.4, -0.2) is 32.5 Å². The standard InChI is InChI=1S/C16H18N2O4/c1-19-14-8-13(9-15(20-2)16(14)21-3)11-22-18-10-12-4-6-17-7-5-12/h4-10H,11H2,1-3H3/b18-10-. The second-order valence-corrected chi connectivity index (χ2v) is 4.32. The van der Waals surface area contributed by atoms with Gasteiger partial charge in [0.1, 0.15) is 6.61 Å². The lowest BCUT2D eigenvalue weighted by Crippen LogP contribution is -1.97. The Balaban J connectivity index is 2.05. The first-order valence-corrected chi connectivity index (χ1v) is 6.62. The van der Waals surface area contributed by atoms with E-state index in [1.807, 2.05) is 24.3 Å². The van der Waals surface area contributed by atoms with Gasteiger partial charge in [-0.3, -0.25) is 4.98 Å². The third-order valence-corrected chi connectivity index (χ3v) is 2.94. The van der Waals surface area contributed by atoms with Crippen LogP contribution in [0.15, 0.2) is 41.8 Å². The van der Waals surface area contributed by atoms with Crippen LogP contribution >= 0.6 is 0 Å². The molecule has 6 nitrogen and oxygen atoms in total. The van der Waals surface area contributed by atoms with Crippen molar-refractivity contribution in [2.24, 2.45) is 5.16 Å². The molecular weight excluding hydrogens is 284 g/mol. The SMILES string of the molecule is COc1cc(CO/N=C\c2ccncc2)cc(OC)c1OC. The van der Waals surface area contributed by atoms with Gasteiger partial charge in [-0.15, -0.1) is 0 Å². The number of oxime groups is 1. The van der Waals surface area contributed by atoms with E-state index in [-0.39, 0.29) is 6.61 Å². The number of pyridine rings is 1. The van der Waals surface area contributed by atoms with Crippen molar-refractivity contribution >= 4 is 6.21 Å². The molecule has 1 aromatic heterocycles. The average Bonchev–Trinajstić information content (AvgIpc) is 2.58. The zero-order valence-electron chi connectivity index (χ0n) is 12.8. The first-order valence-electron chi connectivity index (χ1n) is 6.62. The fraction of sp³-hybridized carbons (Fsp3) is 0.250. The maximum Gasteiger partial charge on any atom is 0.203 e. The summed E-state index contributed by atoms with van der Waals surface area (Å²) in [5, 5.41) is 3.92. The molecule has 0 spiro atoms. The molecule has 6 heteroatoms. The molecule has 0 fully saturated rings. The van der Waals surface area contributed by atoms with Crippen LogP contribution in [0.1, 0.15) is 11.1 Å². The van der Waals surface area contributed by atoms with Crippen LogP contribution in [0.25, 0.3) is 0 Å². The van der Waals surface area contributed by atoms with Crippen LogP contribution in [0.2, 0.25) is 0 Å². The summed E-state index contributed by atoms with van der Waals surface area (Å²) < 4.78 is 15.8. The van der Waals surface area contributed by atoms with Gasteiger partial charge in [0, 0.05) is 12.4 Å². The lowest BCUT2D eigenvalue weighted by molar-refractivity contribution is 0.131. The van der Waals surface area contributed by atoms with Crippen LogP contribution in [-0.2, 0) is 11.4 Å². The van der Waals surface area contributed by atoms with Gasteiger partial charge in [0.15, 0.2) is 11.5 Å². The minimum Gasteiger partial charge on any atom is -0.493 e. The van der Waals surface area contributed by atoms with Crippen molar-refractivity contribution in [3.05, 3.63) is 47.8 Å². The molecule has 0 saturated heterocycles. The third kappa shape index (κ3) is 3.88. The molecule has 0 unspecified atom stereocenters. The highest BCUT2D eigenvalue weighted by atomic mass is 16.6. The number of nitrogens with zero attached hydrogens (tertiary/aromatic N) is 2. The Kier molecular flexibility index (Phi) is 5.59. The van der Waals surface area contributed by atoms with E-state index in [0.717, 1.165) is 11.1 Å². The molecule has 2 aromatic rings. The second kappa shape index (κ2) is 7.87. The molecule has 0 amide bonds. The lowest BCUT2D eigenvalue weighted by Gasteiger charge is -2.13. The van der Waals surface area contributed by atoms with Crippen LogP contribution in [0.3, 0.4) is 0 Å². The van der Waals surface area contributed by atoms with Crippen molar-refractivity contribution in [3.8, 4) is 17.2 Å². The molecule has 0 saturated carbocycles. The van der Waals surface area contributed by atoms with Gasteiger partial charge in [-0.05, 0) is 35.4 Å². The predicted molar refractivity (Wildman–Crippen MR) is 82.7 cm³/mol. The fourth-order valence-electron chi connectivity index (χ4n) is 1.88. The zero-order valence-corrected chi connectivity index (χ0v) is 12.8. The highest BCUT2D eigenvalue weighted by Crippen LogP contribution is 2.38. The van der Waals surface area contributed by atoms with E-state index in [4.69, 9.17) is 19.0 Å². The van der Waals surface area contributed by atoms with Crippen LogP contribution < -0.4 is 14.2 Å². The summed E-state index contributed by atoms with van der Waals surface area (Å²) in [7, 11) is 4.71. The fourth-order valence-corrected chi connectivity index (χ4v) is 1.88. The van der Waals surface area contributed by atoms with Crippen molar-refractivity contribution < 1.29 is 19.0 Å². The number of hydrogen-bond acceptors (Lipinski definition) is 6. The molecule has 0 N–H and O–H groups in total. The van der Waals surface area contributed by atoms with Crippen molar-refractivity contribution in [3.63, 3.8) is 0 Å². The van der Waals surface area contributed by atoms with Gasteiger partial charge in [-0.25, -0.2) is 0 Å². The Hall–Kier alpha value is -2.76. The number of methoxy groups -OCH3 is 3. The van der Waals surface area contributed by atoms with Crippen molar-refractivity contribution in [1.29, 1.82) is 0 Å². The van der Waals surface area contributed by atoms with Crippen molar-refractivity contribution in [2.45, 2.75) is 6.61 Å². The molecule has 22 heavy (non-hydrogen) atoms. The van der Waals surface area contributed by atoms with Gasteiger partial charge in [0.2, 0.25) is 5.75 Å². The molecule has 0 aliphatic heterocycles. The minimum atomic E-state index is 0.290. The molecule has 1 aromatic carbocycles. The highest BCUT2D eigenvalue weighted by Gasteiger charge is 2.13. The van der Waals surface area contributed by atoms with Crippen LogP contribution in [0.5, 0.6) is 17.2 Å². The Morgan fingerprint density at radius 3 is 2.18 bits per heavy atom. The zero-order chi connectivity index (χ0) is 15.8. The number of rotatable bonds is 7. The van der Waals surface area contributed by atoms with Crippen molar-refractivity contribution in [2.75, 3.05) is 21.3 Å². The van der Waals surface area contributed by atoms with Gasteiger partial charge in [0.05, 0.1) is 27.5 Å². The van der Waals surface area contributed by atoms with E-state index < -0.39 is 0 Å². The maximum absolute atomic E-state index is 5.29. The second-order valence-electron chi connectivity index (χ2n) is 4.32. The lowest BCUT2D eigenvalue weighted by atomic mass is 10.2. The minimum absolute atomic E-state index is 0.290. The van der Waals surface area contributed by atoms with E-state index in [2.05, 4.69) is 10.1 Å². The summed E-state index contributed by atoms with van der Waals surface area (Å²) >= 11 is 0. The molecule has 0 bridgehead atoms. The Morgan fingerprint density at radius 2 is 1.64 bits per heavy atom. The largest absolute Gasteiger partial charge is 0.493 e. The molecule has 2 rings (SSSR count). The topological polar surface area (TPSA) is 62.2 Å². The van der Waals surface area contributed by atoms with Gasteiger partial charge in [-0.1, -0.05) is 5.16 Å². The Morgan fingerprint density at radius 1 is 1.00 bits per heavy atom. The molecule has 0 radical (unpaired) electrons. The number of benzene rings is 1. The molecule has 1 heterocycles. The van der Waals surface area contributed by atoms with Crippen LogP contribution in [0, 0.1) is 0 Å². The molecule has 116 valence electrons. The summed E-state index contributed by atoms with van der Waals surface area (Å²) in [5.74, 6) is 1.71. The normalized spacial score (nSPS) is 10.5. The number of hydrogen-bond donors (Lipinski definition) is 0. The van der Waals surface area contributed by atoms with Crippen molar-refractivity contribution in [1.82, 2.24) is 4.98 Å². The first-order chi connectivity index (χ1) is 10.8. The van der Waals surface area contributed by atoms with Gasteiger partial charge in [0.25, 0.3) is 0 Å². The quantitative estimate of drug-likeness (QED) is 0.581. The maximum atomic E-state index is 5.29. The van der Waals surface area contributed by atoms with Gasteiger partial charge in [-0.2, -0.15) is 0 Å². The predicted octanol–water partition coefficient (Wildman–Crippen LogP) is 2.66. The van der Waals surface area contributed by atoms with Crippen LogP contribution in [0.4, 0.5) is 0 Å². The van der Waals surface area contributed by atoms with E-state index >= 15 is 0 Å². The monoisotopic (exact) mass is 302 g/mol. The molecule has 0 aliphatic carbocycles. The summed E-state index contributed by atoms with van der Waals surface area (Å²) in [6.07, 6.45) is 5.01. The molecule has 0 aliphatic rings.